The van der Waals surface area contributed by atoms with Gasteiger partial charge in [0, 0.05) is 11.8 Å². The van der Waals surface area contributed by atoms with Crippen molar-refractivity contribution in [3.8, 4) is 0 Å². The predicted molar refractivity (Wildman–Crippen MR) is 77.7 cm³/mol. The molecular weight excluding hydrogens is 275 g/mol. The van der Waals surface area contributed by atoms with Crippen molar-refractivity contribution in [2.24, 2.45) is 0 Å². The number of para-hydroxylation sites is 1. The molecule has 0 aliphatic carbocycles. The number of aromatic nitrogens is 1. The van der Waals surface area contributed by atoms with E-state index < -0.39 is 0 Å². The summed E-state index contributed by atoms with van der Waals surface area (Å²) in [5.74, 6) is 0.950. The summed E-state index contributed by atoms with van der Waals surface area (Å²) in [4.78, 5) is 4.53. The fourth-order valence-corrected chi connectivity index (χ4v) is 3.31. The molecule has 92 valence electrons. The van der Waals surface area contributed by atoms with E-state index in [0.717, 1.165) is 17.1 Å². The zero-order valence-electron chi connectivity index (χ0n) is 9.54. The van der Waals surface area contributed by atoms with E-state index in [1.165, 1.54) is 4.70 Å². The van der Waals surface area contributed by atoms with Gasteiger partial charge >= 0.3 is 0 Å². The van der Waals surface area contributed by atoms with Crippen LogP contribution in [-0.2, 0) is 0 Å². The van der Waals surface area contributed by atoms with E-state index in [4.69, 9.17) is 23.2 Å². The Balaban J connectivity index is 2.28. The molecule has 2 rings (SSSR count). The molecule has 5 heteroatoms. The van der Waals surface area contributed by atoms with E-state index in [2.05, 4.69) is 23.3 Å². The number of thiazole rings is 1. The number of nitrogens with zero attached hydrogens (tertiary/aromatic N) is 1. The van der Waals surface area contributed by atoms with Crippen LogP contribution in [0, 0.1) is 0 Å². The molecule has 1 aromatic heterocycles. The fourth-order valence-electron chi connectivity index (χ4n) is 1.53. The Labute approximate surface area is 115 Å². The third-order valence-electron chi connectivity index (χ3n) is 2.85. The molecule has 1 aromatic carbocycles. The molecule has 1 heterocycles. The summed E-state index contributed by atoms with van der Waals surface area (Å²) < 4.78 is 1.17. The number of benzene rings is 1. The summed E-state index contributed by atoms with van der Waals surface area (Å²) in [7, 11) is 0. The number of alkyl halides is 2. The lowest BCUT2D eigenvalue weighted by molar-refractivity contribution is 0.560. The van der Waals surface area contributed by atoms with Crippen molar-refractivity contribution in [2.75, 3.05) is 17.1 Å². The molecule has 2 aromatic rings. The van der Waals surface area contributed by atoms with Gasteiger partial charge in [-0.3, -0.25) is 0 Å². The van der Waals surface area contributed by atoms with Crippen LogP contribution in [-0.4, -0.2) is 22.3 Å². The smallest absolute Gasteiger partial charge is 0.184 e. The van der Waals surface area contributed by atoms with E-state index in [9.17, 15) is 0 Å². The minimum absolute atomic E-state index is 0.267. The van der Waals surface area contributed by atoms with Gasteiger partial charge in [-0.25, -0.2) is 4.98 Å². The van der Waals surface area contributed by atoms with Crippen molar-refractivity contribution in [3.63, 3.8) is 0 Å². The van der Waals surface area contributed by atoms with Crippen molar-refractivity contribution in [1.82, 2.24) is 4.98 Å². The van der Waals surface area contributed by atoms with Gasteiger partial charge in [-0.15, -0.1) is 23.2 Å². The summed E-state index contributed by atoms with van der Waals surface area (Å²) in [5.41, 5.74) is 0.742. The summed E-state index contributed by atoms with van der Waals surface area (Å²) in [5, 5.41) is 4.26. The molecule has 0 radical (unpaired) electrons. The Hall–Kier alpha value is -0.510. The Kier molecular flexibility index (Phi) is 4.13. The first-order valence-corrected chi connectivity index (χ1v) is 7.37. The van der Waals surface area contributed by atoms with Crippen LogP contribution in [0.4, 0.5) is 5.13 Å². The minimum Gasteiger partial charge on any atom is -0.354 e. The first kappa shape index (κ1) is 12.9. The molecule has 0 atom stereocenters. The van der Waals surface area contributed by atoms with Gasteiger partial charge in [0.05, 0.1) is 15.8 Å². The van der Waals surface area contributed by atoms with Gasteiger partial charge in [0.2, 0.25) is 0 Å². The van der Waals surface area contributed by atoms with Gasteiger partial charge in [0.1, 0.15) is 0 Å². The second-order valence-electron chi connectivity index (χ2n) is 4.01. The molecule has 0 spiro atoms. The predicted octanol–water partition coefficient (Wildman–Crippen LogP) is 4.33. The number of hydrogen-bond acceptors (Lipinski definition) is 3. The van der Waals surface area contributed by atoms with E-state index in [1.54, 1.807) is 11.3 Å². The molecular formula is C12H14Cl2N2S. The number of anilines is 1. The van der Waals surface area contributed by atoms with E-state index >= 15 is 0 Å². The van der Waals surface area contributed by atoms with Crippen LogP contribution in [0.3, 0.4) is 0 Å². The maximum absolute atomic E-state index is 6.00. The van der Waals surface area contributed by atoms with Crippen LogP contribution in [0.15, 0.2) is 24.3 Å². The average molecular weight is 289 g/mol. The third-order valence-corrected chi connectivity index (χ3v) is 4.83. The highest BCUT2D eigenvalue weighted by atomic mass is 35.5. The maximum atomic E-state index is 6.00. The normalized spacial score (nSPS) is 11.9. The van der Waals surface area contributed by atoms with Crippen LogP contribution in [0.1, 0.15) is 13.3 Å². The SMILES string of the molecule is CCC(CCl)(CCl)Nc1nc2ccccc2s1. The van der Waals surface area contributed by atoms with Crippen LogP contribution in [0.5, 0.6) is 0 Å². The number of halogens is 2. The standard InChI is InChI=1S/C12H14Cl2N2S/c1-2-12(7-13,8-14)16-11-15-9-5-3-4-6-10(9)17-11/h3-6H,2,7-8H2,1H3,(H,15,16). The largest absolute Gasteiger partial charge is 0.354 e. The van der Waals surface area contributed by atoms with E-state index in [-0.39, 0.29) is 5.54 Å². The second-order valence-corrected chi connectivity index (χ2v) is 5.58. The highest BCUT2D eigenvalue weighted by molar-refractivity contribution is 7.22. The van der Waals surface area contributed by atoms with E-state index in [0.29, 0.717) is 11.8 Å². The number of fused-ring (bicyclic) bond motifs is 1. The van der Waals surface area contributed by atoms with Crippen molar-refractivity contribution in [2.45, 2.75) is 18.9 Å². The van der Waals surface area contributed by atoms with Gasteiger partial charge < -0.3 is 5.32 Å². The first-order valence-electron chi connectivity index (χ1n) is 5.49. The lowest BCUT2D eigenvalue weighted by Gasteiger charge is -2.29. The van der Waals surface area contributed by atoms with Crippen LogP contribution in [0.2, 0.25) is 0 Å². The molecule has 0 saturated heterocycles. The number of rotatable bonds is 5. The summed E-state index contributed by atoms with van der Waals surface area (Å²) in [6, 6.07) is 8.07. The fraction of sp³-hybridized carbons (Fsp3) is 0.417. The van der Waals surface area contributed by atoms with Crippen LogP contribution < -0.4 is 5.32 Å². The van der Waals surface area contributed by atoms with Crippen LogP contribution in [0.25, 0.3) is 10.2 Å². The average Bonchev–Trinajstić information content (AvgIpc) is 2.78. The maximum Gasteiger partial charge on any atom is 0.184 e. The van der Waals surface area contributed by atoms with Gasteiger partial charge in [-0.1, -0.05) is 30.4 Å². The van der Waals surface area contributed by atoms with Crippen molar-refractivity contribution in [3.05, 3.63) is 24.3 Å². The Bertz CT molecular complexity index is 453. The molecule has 1 N–H and O–H groups in total. The Morgan fingerprint density at radius 2 is 2.00 bits per heavy atom. The van der Waals surface area contributed by atoms with Crippen molar-refractivity contribution < 1.29 is 0 Å². The topological polar surface area (TPSA) is 24.9 Å². The molecule has 0 aliphatic rings. The summed E-state index contributed by atoms with van der Waals surface area (Å²) in [6.45, 7) is 2.07. The quantitative estimate of drug-likeness (QED) is 0.828. The van der Waals surface area contributed by atoms with Gasteiger partial charge in [0.15, 0.2) is 5.13 Å². The second kappa shape index (κ2) is 5.42. The molecule has 0 unspecified atom stereocenters. The minimum atomic E-state index is -0.267. The molecule has 0 amide bonds. The molecule has 0 aliphatic heterocycles. The molecule has 0 saturated carbocycles. The van der Waals surface area contributed by atoms with Gasteiger partial charge in [-0.05, 0) is 18.6 Å². The lowest BCUT2D eigenvalue weighted by atomic mass is 10.0. The monoisotopic (exact) mass is 288 g/mol. The number of nitrogens with one attached hydrogen (secondary N) is 1. The zero-order chi connectivity index (χ0) is 12.3. The zero-order valence-corrected chi connectivity index (χ0v) is 11.9. The number of hydrogen-bond donors (Lipinski definition) is 1. The third kappa shape index (κ3) is 2.67. The molecule has 0 bridgehead atoms. The van der Waals surface area contributed by atoms with Crippen molar-refractivity contribution >= 4 is 49.9 Å². The van der Waals surface area contributed by atoms with Gasteiger partial charge in [0.25, 0.3) is 0 Å². The highest BCUT2D eigenvalue weighted by Gasteiger charge is 2.27. The molecule has 0 fully saturated rings. The summed E-state index contributed by atoms with van der Waals surface area (Å²) in [6.07, 6.45) is 0.871. The van der Waals surface area contributed by atoms with Crippen LogP contribution >= 0.6 is 34.5 Å². The summed E-state index contributed by atoms with van der Waals surface area (Å²) >= 11 is 13.6. The molecule has 2 nitrogen and oxygen atoms in total. The highest BCUT2D eigenvalue weighted by Crippen LogP contribution is 2.29. The lowest BCUT2D eigenvalue weighted by Crippen LogP contribution is -2.41. The first-order chi connectivity index (χ1) is 8.23. The van der Waals surface area contributed by atoms with E-state index in [1.807, 2.05) is 18.2 Å². The Morgan fingerprint density at radius 1 is 1.29 bits per heavy atom. The Morgan fingerprint density at radius 3 is 2.59 bits per heavy atom. The molecule has 17 heavy (non-hydrogen) atoms. The van der Waals surface area contributed by atoms with Gasteiger partial charge in [-0.2, -0.15) is 0 Å². The van der Waals surface area contributed by atoms with Crippen molar-refractivity contribution in [1.29, 1.82) is 0 Å².